The SMILES string of the molecule is OC1CCCCCC1OCC1CCCCCC1. The van der Waals surface area contributed by atoms with E-state index in [4.69, 9.17) is 4.74 Å². The van der Waals surface area contributed by atoms with Gasteiger partial charge in [0.1, 0.15) is 0 Å². The zero-order chi connectivity index (χ0) is 11.9. The summed E-state index contributed by atoms with van der Waals surface area (Å²) in [4.78, 5) is 0. The van der Waals surface area contributed by atoms with Gasteiger partial charge in [-0.2, -0.15) is 0 Å². The van der Waals surface area contributed by atoms with E-state index in [2.05, 4.69) is 0 Å². The van der Waals surface area contributed by atoms with E-state index in [0.717, 1.165) is 25.4 Å². The maximum Gasteiger partial charge on any atom is 0.0834 e. The molecule has 0 aromatic carbocycles. The summed E-state index contributed by atoms with van der Waals surface area (Å²) in [5.41, 5.74) is 0. The van der Waals surface area contributed by atoms with E-state index in [1.807, 2.05) is 0 Å². The second kappa shape index (κ2) is 7.38. The molecule has 0 aromatic heterocycles. The van der Waals surface area contributed by atoms with Gasteiger partial charge in [0.25, 0.3) is 0 Å². The Bertz CT molecular complexity index is 197. The molecule has 2 aliphatic carbocycles. The fourth-order valence-electron chi connectivity index (χ4n) is 3.24. The van der Waals surface area contributed by atoms with Gasteiger partial charge in [-0.25, -0.2) is 0 Å². The Morgan fingerprint density at radius 1 is 0.765 bits per heavy atom. The number of aliphatic hydroxyl groups is 1. The molecule has 0 aliphatic heterocycles. The van der Waals surface area contributed by atoms with Crippen molar-refractivity contribution in [1.29, 1.82) is 0 Å². The Morgan fingerprint density at radius 3 is 2.12 bits per heavy atom. The van der Waals surface area contributed by atoms with Crippen molar-refractivity contribution in [3.8, 4) is 0 Å². The first-order valence-corrected chi connectivity index (χ1v) is 7.66. The molecule has 1 N–H and O–H groups in total. The van der Waals surface area contributed by atoms with Crippen molar-refractivity contribution in [2.24, 2.45) is 5.92 Å². The molecule has 0 spiro atoms. The Balaban J connectivity index is 1.71. The predicted octanol–water partition coefficient (Wildman–Crippen LogP) is 3.67. The Hall–Kier alpha value is -0.0800. The van der Waals surface area contributed by atoms with Crippen LogP contribution in [0, 0.1) is 5.92 Å². The van der Waals surface area contributed by atoms with Crippen LogP contribution in [0.15, 0.2) is 0 Å². The van der Waals surface area contributed by atoms with Crippen LogP contribution in [0.5, 0.6) is 0 Å². The number of aliphatic hydroxyl groups excluding tert-OH is 1. The third-order valence-electron chi connectivity index (χ3n) is 4.44. The van der Waals surface area contributed by atoms with Crippen LogP contribution in [0.4, 0.5) is 0 Å². The summed E-state index contributed by atoms with van der Waals surface area (Å²) >= 11 is 0. The van der Waals surface area contributed by atoms with Gasteiger partial charge in [-0.05, 0) is 31.6 Å². The van der Waals surface area contributed by atoms with Crippen LogP contribution in [-0.2, 0) is 4.74 Å². The summed E-state index contributed by atoms with van der Waals surface area (Å²) in [6, 6.07) is 0. The normalized spacial score (nSPS) is 33.0. The molecule has 0 radical (unpaired) electrons. The van der Waals surface area contributed by atoms with E-state index >= 15 is 0 Å². The molecule has 2 aliphatic rings. The lowest BCUT2D eigenvalue weighted by molar-refractivity contribution is -0.0534. The van der Waals surface area contributed by atoms with Gasteiger partial charge in [0.2, 0.25) is 0 Å². The molecule has 0 saturated heterocycles. The molecular formula is C15H28O2. The van der Waals surface area contributed by atoms with Crippen molar-refractivity contribution in [2.75, 3.05) is 6.61 Å². The van der Waals surface area contributed by atoms with E-state index in [1.54, 1.807) is 0 Å². The van der Waals surface area contributed by atoms with Gasteiger partial charge in [0, 0.05) is 6.61 Å². The first kappa shape index (κ1) is 13.4. The topological polar surface area (TPSA) is 29.5 Å². The summed E-state index contributed by atoms with van der Waals surface area (Å²) in [7, 11) is 0. The monoisotopic (exact) mass is 240 g/mol. The average Bonchev–Trinajstić information content (AvgIpc) is 2.69. The first-order valence-electron chi connectivity index (χ1n) is 7.66. The molecule has 0 bridgehead atoms. The summed E-state index contributed by atoms with van der Waals surface area (Å²) in [5, 5.41) is 10.0. The van der Waals surface area contributed by atoms with Gasteiger partial charge in [0.15, 0.2) is 0 Å². The minimum Gasteiger partial charge on any atom is -0.390 e. The van der Waals surface area contributed by atoms with E-state index in [-0.39, 0.29) is 12.2 Å². The second-order valence-electron chi connectivity index (χ2n) is 5.93. The molecular weight excluding hydrogens is 212 g/mol. The van der Waals surface area contributed by atoms with Crippen molar-refractivity contribution in [2.45, 2.75) is 82.8 Å². The summed E-state index contributed by atoms with van der Waals surface area (Å²) in [6.07, 6.45) is 13.8. The first-order chi connectivity index (χ1) is 8.36. The maximum atomic E-state index is 10.0. The van der Waals surface area contributed by atoms with Crippen LogP contribution >= 0.6 is 0 Å². The molecule has 2 heteroatoms. The Labute approximate surface area is 106 Å². The predicted molar refractivity (Wildman–Crippen MR) is 70.0 cm³/mol. The van der Waals surface area contributed by atoms with Crippen LogP contribution in [0.25, 0.3) is 0 Å². The molecule has 2 rings (SSSR count). The quantitative estimate of drug-likeness (QED) is 0.763. The summed E-state index contributed by atoms with van der Waals surface area (Å²) < 4.78 is 6.02. The lowest BCUT2D eigenvalue weighted by Gasteiger charge is -2.24. The van der Waals surface area contributed by atoms with Crippen LogP contribution in [0.3, 0.4) is 0 Å². The van der Waals surface area contributed by atoms with Gasteiger partial charge in [-0.3, -0.25) is 0 Å². The summed E-state index contributed by atoms with van der Waals surface area (Å²) in [6.45, 7) is 0.891. The average molecular weight is 240 g/mol. The molecule has 2 atom stereocenters. The van der Waals surface area contributed by atoms with Crippen LogP contribution in [0.1, 0.15) is 70.6 Å². The van der Waals surface area contributed by atoms with Crippen molar-refractivity contribution < 1.29 is 9.84 Å². The van der Waals surface area contributed by atoms with Gasteiger partial charge >= 0.3 is 0 Å². The molecule has 2 fully saturated rings. The zero-order valence-corrected chi connectivity index (χ0v) is 11.1. The lowest BCUT2D eigenvalue weighted by atomic mass is 10.0. The Kier molecular flexibility index (Phi) is 5.79. The van der Waals surface area contributed by atoms with Gasteiger partial charge in [-0.15, -0.1) is 0 Å². The van der Waals surface area contributed by atoms with Crippen molar-refractivity contribution in [3.05, 3.63) is 0 Å². The fraction of sp³-hybridized carbons (Fsp3) is 1.00. The van der Waals surface area contributed by atoms with E-state index in [9.17, 15) is 5.11 Å². The standard InChI is InChI=1S/C15H28O2/c16-14-10-6-3-7-11-15(14)17-12-13-8-4-1-2-5-9-13/h13-16H,1-12H2. The van der Waals surface area contributed by atoms with Crippen LogP contribution < -0.4 is 0 Å². The highest BCUT2D eigenvalue weighted by molar-refractivity contribution is 4.74. The molecule has 17 heavy (non-hydrogen) atoms. The van der Waals surface area contributed by atoms with Crippen LogP contribution in [-0.4, -0.2) is 23.9 Å². The molecule has 0 amide bonds. The zero-order valence-electron chi connectivity index (χ0n) is 11.1. The maximum absolute atomic E-state index is 10.0. The second-order valence-corrected chi connectivity index (χ2v) is 5.93. The smallest absolute Gasteiger partial charge is 0.0834 e. The molecule has 0 heterocycles. The number of ether oxygens (including phenoxy) is 1. The van der Waals surface area contributed by atoms with Gasteiger partial charge < -0.3 is 9.84 Å². The van der Waals surface area contributed by atoms with E-state index < -0.39 is 0 Å². The molecule has 2 unspecified atom stereocenters. The van der Waals surface area contributed by atoms with Crippen molar-refractivity contribution in [3.63, 3.8) is 0 Å². The lowest BCUT2D eigenvalue weighted by Crippen LogP contribution is -2.29. The van der Waals surface area contributed by atoms with Crippen molar-refractivity contribution >= 4 is 0 Å². The highest BCUT2D eigenvalue weighted by atomic mass is 16.5. The van der Waals surface area contributed by atoms with Gasteiger partial charge in [0.05, 0.1) is 12.2 Å². The molecule has 2 nitrogen and oxygen atoms in total. The molecule has 100 valence electrons. The van der Waals surface area contributed by atoms with Gasteiger partial charge in [-0.1, -0.05) is 44.9 Å². The Morgan fingerprint density at radius 2 is 1.35 bits per heavy atom. The third-order valence-corrected chi connectivity index (χ3v) is 4.44. The van der Waals surface area contributed by atoms with Crippen molar-refractivity contribution in [1.82, 2.24) is 0 Å². The minimum atomic E-state index is -0.205. The highest BCUT2D eigenvalue weighted by Gasteiger charge is 2.23. The number of hydrogen-bond acceptors (Lipinski definition) is 2. The third kappa shape index (κ3) is 4.59. The summed E-state index contributed by atoms with van der Waals surface area (Å²) in [5.74, 6) is 0.757. The minimum absolute atomic E-state index is 0.126. The van der Waals surface area contributed by atoms with Crippen LogP contribution in [0.2, 0.25) is 0 Å². The van der Waals surface area contributed by atoms with E-state index in [1.165, 1.54) is 57.8 Å². The largest absolute Gasteiger partial charge is 0.390 e. The number of rotatable bonds is 3. The number of hydrogen-bond donors (Lipinski definition) is 1. The molecule has 2 saturated carbocycles. The van der Waals surface area contributed by atoms with E-state index in [0.29, 0.717) is 0 Å². The molecule has 0 aromatic rings. The fourth-order valence-corrected chi connectivity index (χ4v) is 3.24. The highest BCUT2D eigenvalue weighted by Crippen LogP contribution is 2.26.